The smallest absolute Gasteiger partial charge is 0.114 e. The van der Waals surface area contributed by atoms with E-state index in [2.05, 4.69) is 19.1 Å². The van der Waals surface area contributed by atoms with Gasteiger partial charge in [-0.2, -0.15) is 0 Å². The van der Waals surface area contributed by atoms with E-state index in [0.717, 1.165) is 12.8 Å². The molecule has 0 spiro atoms. The third kappa shape index (κ3) is 13.1. The first kappa shape index (κ1) is 27.6. The Labute approximate surface area is 184 Å². The van der Waals surface area contributed by atoms with Crippen molar-refractivity contribution in [1.82, 2.24) is 0 Å². The summed E-state index contributed by atoms with van der Waals surface area (Å²) in [7, 11) is 0. The average Bonchev–Trinajstić information content (AvgIpc) is 3.08. The Balaban J connectivity index is 1.82. The largest absolute Gasteiger partial charge is 0.394 e. The van der Waals surface area contributed by atoms with Crippen LogP contribution in [-0.4, -0.2) is 59.6 Å². The molecule has 0 aromatic rings. The van der Waals surface area contributed by atoms with Crippen LogP contribution in [0, 0.1) is 0 Å². The van der Waals surface area contributed by atoms with Crippen LogP contribution in [0.15, 0.2) is 12.2 Å². The first-order chi connectivity index (χ1) is 14.7. The Bertz CT molecular complexity index is 401. The summed E-state index contributed by atoms with van der Waals surface area (Å²) in [5.74, 6) is 0. The topological polar surface area (TPSA) is 79.2 Å². The molecule has 3 N–H and O–H groups in total. The highest BCUT2D eigenvalue weighted by Gasteiger charge is 2.40. The molecule has 30 heavy (non-hydrogen) atoms. The molecule has 1 fully saturated rings. The number of hydrogen-bond acceptors (Lipinski definition) is 5. The van der Waals surface area contributed by atoms with Crippen molar-refractivity contribution in [2.24, 2.45) is 0 Å². The zero-order valence-corrected chi connectivity index (χ0v) is 19.4. The van der Waals surface area contributed by atoms with E-state index in [1.54, 1.807) is 0 Å². The molecule has 0 unspecified atom stereocenters. The van der Waals surface area contributed by atoms with Gasteiger partial charge in [-0.15, -0.1) is 0 Å². The van der Waals surface area contributed by atoms with Gasteiger partial charge in [0.1, 0.15) is 24.4 Å². The van der Waals surface area contributed by atoms with Gasteiger partial charge in [-0.25, -0.2) is 0 Å². The Morgan fingerprint density at radius 1 is 0.833 bits per heavy atom. The molecule has 0 amide bonds. The molecule has 1 heterocycles. The van der Waals surface area contributed by atoms with E-state index in [9.17, 15) is 15.3 Å². The van der Waals surface area contributed by atoms with E-state index >= 15 is 0 Å². The molecule has 5 heteroatoms. The molecular weight excluding hydrogens is 380 g/mol. The lowest BCUT2D eigenvalue weighted by Crippen LogP contribution is -2.42. The van der Waals surface area contributed by atoms with Crippen LogP contribution in [0.3, 0.4) is 0 Å². The molecule has 178 valence electrons. The summed E-state index contributed by atoms with van der Waals surface area (Å²) in [6, 6.07) is 0. The summed E-state index contributed by atoms with van der Waals surface area (Å²) in [5, 5.41) is 28.8. The highest BCUT2D eigenvalue weighted by Crippen LogP contribution is 2.20. The SMILES string of the molecule is CCCC/C=C/CCCCCCCCCCCCCO[C@H](CO)[C@@H]1OC[C@H](O)[C@@H]1O. The third-order valence-electron chi connectivity index (χ3n) is 5.97. The van der Waals surface area contributed by atoms with Gasteiger partial charge in [-0.1, -0.05) is 89.7 Å². The number of allylic oxidation sites excluding steroid dienone is 2. The van der Waals surface area contributed by atoms with Gasteiger partial charge in [0.25, 0.3) is 0 Å². The monoisotopic (exact) mass is 428 g/mol. The van der Waals surface area contributed by atoms with E-state index in [1.165, 1.54) is 83.5 Å². The number of unbranched alkanes of at least 4 members (excludes halogenated alkanes) is 13. The molecule has 0 aliphatic carbocycles. The van der Waals surface area contributed by atoms with Crippen LogP contribution < -0.4 is 0 Å². The fraction of sp³-hybridized carbons (Fsp3) is 0.920. The Hall–Kier alpha value is -0.460. The summed E-state index contributed by atoms with van der Waals surface area (Å²) in [6.07, 6.45) is 20.8. The zero-order chi connectivity index (χ0) is 21.9. The molecule has 1 saturated heterocycles. The lowest BCUT2D eigenvalue weighted by molar-refractivity contribution is -0.101. The number of hydrogen-bond donors (Lipinski definition) is 3. The lowest BCUT2D eigenvalue weighted by atomic mass is 10.0. The molecule has 0 bridgehead atoms. The third-order valence-corrected chi connectivity index (χ3v) is 5.97. The minimum Gasteiger partial charge on any atom is -0.394 e. The van der Waals surface area contributed by atoms with Crippen LogP contribution in [0.1, 0.15) is 103 Å². The van der Waals surface area contributed by atoms with Crippen LogP contribution in [0.4, 0.5) is 0 Å². The highest BCUT2D eigenvalue weighted by atomic mass is 16.6. The maximum atomic E-state index is 9.84. The maximum absolute atomic E-state index is 9.84. The number of aliphatic hydroxyl groups excluding tert-OH is 3. The van der Waals surface area contributed by atoms with E-state index in [4.69, 9.17) is 9.47 Å². The first-order valence-electron chi connectivity index (χ1n) is 12.6. The van der Waals surface area contributed by atoms with E-state index in [1.807, 2.05) is 0 Å². The second-order valence-electron chi connectivity index (χ2n) is 8.74. The summed E-state index contributed by atoms with van der Waals surface area (Å²) in [6.45, 7) is 2.70. The van der Waals surface area contributed by atoms with Crippen LogP contribution in [0.2, 0.25) is 0 Å². The van der Waals surface area contributed by atoms with Crippen LogP contribution in [-0.2, 0) is 9.47 Å². The summed E-state index contributed by atoms with van der Waals surface area (Å²) < 4.78 is 11.0. The molecular formula is C25H48O5. The summed E-state index contributed by atoms with van der Waals surface area (Å²) in [5.41, 5.74) is 0. The zero-order valence-electron chi connectivity index (χ0n) is 19.4. The van der Waals surface area contributed by atoms with Crippen molar-refractivity contribution in [1.29, 1.82) is 0 Å². The van der Waals surface area contributed by atoms with Crippen molar-refractivity contribution in [3.8, 4) is 0 Å². The van der Waals surface area contributed by atoms with Gasteiger partial charge in [0, 0.05) is 6.61 Å². The molecule has 0 radical (unpaired) electrons. The van der Waals surface area contributed by atoms with Gasteiger partial charge >= 0.3 is 0 Å². The maximum Gasteiger partial charge on any atom is 0.114 e. The fourth-order valence-corrected chi connectivity index (χ4v) is 3.95. The van der Waals surface area contributed by atoms with Gasteiger partial charge < -0.3 is 24.8 Å². The van der Waals surface area contributed by atoms with Crippen molar-refractivity contribution in [2.75, 3.05) is 19.8 Å². The molecule has 0 aromatic heterocycles. The van der Waals surface area contributed by atoms with Crippen molar-refractivity contribution < 1.29 is 24.8 Å². The lowest BCUT2D eigenvalue weighted by Gasteiger charge is -2.24. The standard InChI is InChI=1S/C25H48O5/c1-2-3-4-5-6-7-8-9-10-11-12-13-14-15-16-17-18-19-29-23(20-26)25-24(28)22(27)21-30-25/h5-6,22-28H,2-4,7-21H2,1H3/b6-5+/t22-,23+,24-,25-/m0/s1. The molecule has 0 saturated carbocycles. The van der Waals surface area contributed by atoms with Crippen molar-refractivity contribution in [3.05, 3.63) is 12.2 Å². The highest BCUT2D eigenvalue weighted by molar-refractivity contribution is 4.88. The van der Waals surface area contributed by atoms with Gasteiger partial charge in [-0.05, 0) is 25.7 Å². The normalized spacial score (nSPS) is 22.9. The first-order valence-corrected chi connectivity index (χ1v) is 12.6. The Morgan fingerprint density at radius 2 is 1.37 bits per heavy atom. The Morgan fingerprint density at radius 3 is 1.87 bits per heavy atom. The predicted octanol–water partition coefficient (Wildman–Crippen LogP) is 4.91. The second-order valence-corrected chi connectivity index (χ2v) is 8.74. The Kier molecular flexibility index (Phi) is 17.7. The minimum absolute atomic E-state index is 0.0994. The predicted molar refractivity (Wildman–Crippen MR) is 123 cm³/mol. The van der Waals surface area contributed by atoms with E-state index in [0.29, 0.717) is 6.61 Å². The summed E-state index contributed by atoms with van der Waals surface area (Å²) >= 11 is 0. The van der Waals surface area contributed by atoms with Gasteiger partial charge in [0.05, 0.1) is 13.2 Å². The molecule has 1 aliphatic rings. The molecule has 1 rings (SSSR count). The van der Waals surface area contributed by atoms with Crippen LogP contribution in [0.25, 0.3) is 0 Å². The minimum atomic E-state index is -0.977. The number of aliphatic hydroxyl groups is 3. The van der Waals surface area contributed by atoms with Crippen molar-refractivity contribution >= 4 is 0 Å². The van der Waals surface area contributed by atoms with Gasteiger partial charge in [-0.3, -0.25) is 0 Å². The molecule has 5 nitrogen and oxygen atoms in total. The molecule has 1 aliphatic heterocycles. The average molecular weight is 429 g/mol. The quantitative estimate of drug-likeness (QED) is 0.190. The van der Waals surface area contributed by atoms with Crippen LogP contribution in [0.5, 0.6) is 0 Å². The van der Waals surface area contributed by atoms with E-state index < -0.39 is 24.4 Å². The van der Waals surface area contributed by atoms with Crippen LogP contribution >= 0.6 is 0 Å². The number of ether oxygens (including phenoxy) is 2. The van der Waals surface area contributed by atoms with Gasteiger partial charge in [0.2, 0.25) is 0 Å². The summed E-state index contributed by atoms with van der Waals surface area (Å²) in [4.78, 5) is 0. The van der Waals surface area contributed by atoms with Crippen molar-refractivity contribution in [3.63, 3.8) is 0 Å². The van der Waals surface area contributed by atoms with Gasteiger partial charge in [0.15, 0.2) is 0 Å². The number of rotatable bonds is 20. The fourth-order valence-electron chi connectivity index (χ4n) is 3.95. The second kappa shape index (κ2) is 19.2. The van der Waals surface area contributed by atoms with E-state index in [-0.39, 0.29) is 13.2 Å². The van der Waals surface area contributed by atoms with Crippen molar-refractivity contribution in [2.45, 2.75) is 128 Å². The molecule has 0 aromatic carbocycles. The molecule has 4 atom stereocenters.